The Labute approximate surface area is 128 Å². The summed E-state index contributed by atoms with van der Waals surface area (Å²) < 4.78 is 1.09. The number of aryl methyl sites for hydroxylation is 1. The van der Waals surface area contributed by atoms with Gasteiger partial charge in [0, 0.05) is 18.2 Å². The second-order valence-corrected chi connectivity index (χ2v) is 7.37. The van der Waals surface area contributed by atoms with Gasteiger partial charge in [-0.1, -0.05) is 0 Å². The number of thiazole rings is 1. The molecular weight excluding hydrogens is 282 g/mol. The van der Waals surface area contributed by atoms with Gasteiger partial charge in [0.25, 0.3) is 5.91 Å². The maximum absolute atomic E-state index is 12.5. The Morgan fingerprint density at radius 1 is 1.38 bits per heavy atom. The first-order valence-electron chi connectivity index (χ1n) is 7.59. The molecule has 110 valence electrons. The molecule has 1 amide bonds. The van der Waals surface area contributed by atoms with Gasteiger partial charge in [-0.25, -0.2) is 4.98 Å². The van der Waals surface area contributed by atoms with Crippen molar-refractivity contribution in [1.29, 1.82) is 0 Å². The molecule has 1 aromatic heterocycles. The lowest BCUT2D eigenvalue weighted by Crippen LogP contribution is -2.57. The number of benzene rings is 1. The van der Waals surface area contributed by atoms with E-state index in [1.54, 1.807) is 11.3 Å². The third-order valence-electron chi connectivity index (χ3n) is 4.73. The van der Waals surface area contributed by atoms with Gasteiger partial charge in [-0.15, -0.1) is 11.3 Å². The van der Waals surface area contributed by atoms with Crippen LogP contribution in [0.25, 0.3) is 10.2 Å². The molecule has 3 fully saturated rings. The van der Waals surface area contributed by atoms with Gasteiger partial charge in [-0.05, 0) is 57.0 Å². The lowest BCUT2D eigenvalue weighted by molar-refractivity contribution is 0.0620. The number of carbonyl (C=O) groups excluding carboxylic acids is 1. The molecule has 5 rings (SSSR count). The summed E-state index contributed by atoms with van der Waals surface area (Å²) in [6, 6.07) is 6.12. The number of nitrogens with zero attached hydrogens (tertiary/aromatic N) is 2. The molecule has 3 aliphatic rings. The molecule has 1 unspecified atom stereocenters. The number of fused-ring (bicyclic) bond motifs is 4. The van der Waals surface area contributed by atoms with E-state index >= 15 is 0 Å². The second-order valence-electron chi connectivity index (χ2n) is 6.13. The highest BCUT2D eigenvalue weighted by molar-refractivity contribution is 7.18. The number of hydrogen-bond donors (Lipinski definition) is 1. The first-order valence-corrected chi connectivity index (χ1v) is 8.41. The SMILES string of the molecule is Cc1nc2ccc(C(=O)NC3CN4CCC3CC4)cc2s1. The van der Waals surface area contributed by atoms with E-state index in [9.17, 15) is 4.79 Å². The van der Waals surface area contributed by atoms with E-state index in [0.29, 0.717) is 12.0 Å². The lowest BCUT2D eigenvalue weighted by Gasteiger charge is -2.44. The van der Waals surface area contributed by atoms with Gasteiger partial charge in [0.1, 0.15) is 0 Å². The molecule has 0 radical (unpaired) electrons. The zero-order valence-electron chi connectivity index (χ0n) is 12.1. The summed E-state index contributed by atoms with van der Waals surface area (Å²) >= 11 is 1.64. The molecule has 1 N–H and O–H groups in total. The van der Waals surface area contributed by atoms with Crippen molar-refractivity contribution in [2.75, 3.05) is 19.6 Å². The molecule has 21 heavy (non-hydrogen) atoms. The van der Waals surface area contributed by atoms with E-state index in [2.05, 4.69) is 15.2 Å². The van der Waals surface area contributed by atoms with Crippen LogP contribution in [0.1, 0.15) is 28.2 Å². The third-order valence-corrected chi connectivity index (χ3v) is 5.66. The van der Waals surface area contributed by atoms with Crippen LogP contribution in [0.2, 0.25) is 0 Å². The number of amides is 1. The van der Waals surface area contributed by atoms with Gasteiger partial charge < -0.3 is 10.2 Å². The Hall–Kier alpha value is -1.46. The zero-order chi connectivity index (χ0) is 14.4. The van der Waals surface area contributed by atoms with Gasteiger partial charge in [-0.2, -0.15) is 0 Å². The molecule has 1 atom stereocenters. The summed E-state index contributed by atoms with van der Waals surface area (Å²) in [5, 5.41) is 4.28. The van der Waals surface area contributed by atoms with Crippen molar-refractivity contribution < 1.29 is 4.79 Å². The summed E-state index contributed by atoms with van der Waals surface area (Å²) in [6.45, 7) is 5.40. The van der Waals surface area contributed by atoms with E-state index in [-0.39, 0.29) is 5.91 Å². The Morgan fingerprint density at radius 3 is 2.90 bits per heavy atom. The summed E-state index contributed by atoms with van der Waals surface area (Å²) in [5.74, 6) is 0.718. The van der Waals surface area contributed by atoms with Crippen LogP contribution in [0.15, 0.2) is 18.2 Å². The fourth-order valence-corrected chi connectivity index (χ4v) is 4.43. The molecule has 5 heteroatoms. The predicted molar refractivity (Wildman–Crippen MR) is 84.8 cm³/mol. The van der Waals surface area contributed by atoms with Crippen molar-refractivity contribution in [2.24, 2.45) is 5.92 Å². The van der Waals surface area contributed by atoms with Gasteiger partial charge in [-0.3, -0.25) is 4.79 Å². The summed E-state index contributed by atoms with van der Waals surface area (Å²) in [5.41, 5.74) is 1.74. The summed E-state index contributed by atoms with van der Waals surface area (Å²) in [7, 11) is 0. The first-order chi connectivity index (χ1) is 10.2. The molecule has 0 saturated carbocycles. The van der Waals surface area contributed by atoms with Crippen LogP contribution in [-0.2, 0) is 0 Å². The smallest absolute Gasteiger partial charge is 0.251 e. The Morgan fingerprint density at radius 2 is 2.19 bits per heavy atom. The van der Waals surface area contributed by atoms with E-state index < -0.39 is 0 Å². The lowest BCUT2D eigenvalue weighted by atomic mass is 9.84. The zero-order valence-corrected chi connectivity index (χ0v) is 12.9. The molecular formula is C16H19N3OS. The van der Waals surface area contributed by atoms with Crippen molar-refractivity contribution in [1.82, 2.24) is 15.2 Å². The summed E-state index contributed by atoms with van der Waals surface area (Å²) in [4.78, 5) is 19.4. The number of rotatable bonds is 2. The number of piperidine rings is 3. The highest BCUT2D eigenvalue weighted by Crippen LogP contribution is 2.28. The van der Waals surface area contributed by atoms with Crippen LogP contribution < -0.4 is 5.32 Å². The molecule has 3 saturated heterocycles. The molecule has 3 aliphatic heterocycles. The van der Waals surface area contributed by atoms with Crippen molar-refractivity contribution >= 4 is 27.5 Å². The molecule has 4 heterocycles. The van der Waals surface area contributed by atoms with Crippen LogP contribution >= 0.6 is 11.3 Å². The van der Waals surface area contributed by atoms with Gasteiger partial charge in [0.05, 0.1) is 15.2 Å². The highest BCUT2D eigenvalue weighted by atomic mass is 32.1. The Kier molecular flexibility index (Phi) is 3.19. The van der Waals surface area contributed by atoms with Crippen LogP contribution in [0, 0.1) is 12.8 Å². The number of carbonyl (C=O) groups is 1. The molecule has 4 nitrogen and oxygen atoms in total. The van der Waals surface area contributed by atoms with Crippen LogP contribution in [-0.4, -0.2) is 41.5 Å². The number of nitrogens with one attached hydrogen (secondary N) is 1. The monoisotopic (exact) mass is 301 g/mol. The molecule has 1 aromatic carbocycles. The van der Waals surface area contributed by atoms with Crippen molar-refractivity contribution in [3.63, 3.8) is 0 Å². The minimum atomic E-state index is 0.0571. The molecule has 0 aliphatic carbocycles. The van der Waals surface area contributed by atoms with Gasteiger partial charge >= 0.3 is 0 Å². The Balaban J connectivity index is 1.53. The largest absolute Gasteiger partial charge is 0.348 e. The highest BCUT2D eigenvalue weighted by Gasteiger charge is 2.34. The molecule has 2 bridgehead atoms. The van der Waals surface area contributed by atoms with E-state index in [1.165, 1.54) is 25.9 Å². The number of hydrogen-bond acceptors (Lipinski definition) is 4. The minimum Gasteiger partial charge on any atom is -0.348 e. The fourth-order valence-electron chi connectivity index (χ4n) is 3.56. The van der Waals surface area contributed by atoms with E-state index in [1.807, 2.05) is 25.1 Å². The maximum atomic E-state index is 12.5. The van der Waals surface area contributed by atoms with E-state index in [4.69, 9.17) is 0 Å². The topological polar surface area (TPSA) is 45.2 Å². The standard InChI is InChI=1S/C16H19N3OS/c1-10-17-13-3-2-12(8-15(13)21-10)16(20)18-14-9-19-6-4-11(14)5-7-19/h2-3,8,11,14H,4-7,9H2,1H3,(H,18,20). The van der Waals surface area contributed by atoms with Crippen LogP contribution in [0.5, 0.6) is 0 Å². The number of aromatic nitrogens is 1. The van der Waals surface area contributed by atoms with Crippen LogP contribution in [0.4, 0.5) is 0 Å². The van der Waals surface area contributed by atoms with Gasteiger partial charge in [0.15, 0.2) is 0 Å². The quantitative estimate of drug-likeness (QED) is 0.926. The second kappa shape index (κ2) is 5.07. The Bertz CT molecular complexity index is 688. The van der Waals surface area contributed by atoms with Gasteiger partial charge in [0.2, 0.25) is 0 Å². The predicted octanol–water partition coefficient (Wildman–Crippen LogP) is 2.43. The van der Waals surface area contributed by atoms with Crippen molar-refractivity contribution in [2.45, 2.75) is 25.8 Å². The van der Waals surface area contributed by atoms with Crippen molar-refractivity contribution in [3.05, 3.63) is 28.8 Å². The molecule has 2 aromatic rings. The third kappa shape index (κ3) is 2.45. The average Bonchev–Trinajstić information content (AvgIpc) is 2.87. The first kappa shape index (κ1) is 13.2. The summed E-state index contributed by atoms with van der Waals surface area (Å²) in [6.07, 6.45) is 2.44. The maximum Gasteiger partial charge on any atom is 0.251 e. The van der Waals surface area contributed by atoms with E-state index in [0.717, 1.165) is 27.3 Å². The minimum absolute atomic E-state index is 0.0571. The fraction of sp³-hybridized carbons (Fsp3) is 0.500. The van der Waals surface area contributed by atoms with Crippen LogP contribution in [0.3, 0.4) is 0 Å². The van der Waals surface area contributed by atoms with Crippen molar-refractivity contribution in [3.8, 4) is 0 Å². The molecule has 0 spiro atoms. The normalized spacial score (nSPS) is 28.0. The average molecular weight is 301 g/mol.